The molecule has 94 valence electrons. The van der Waals surface area contributed by atoms with E-state index in [9.17, 15) is 0 Å². The molecule has 0 aliphatic heterocycles. The first kappa shape index (κ1) is 12.6. The zero-order valence-corrected chi connectivity index (χ0v) is 10.1. The Morgan fingerprint density at radius 2 is 1.72 bits per heavy atom. The third-order valence-corrected chi connectivity index (χ3v) is 2.61. The van der Waals surface area contributed by atoms with E-state index >= 15 is 0 Å². The number of aliphatic hydroxyl groups excluding tert-OH is 1. The minimum atomic E-state index is -0.225. The molecule has 0 spiro atoms. The van der Waals surface area contributed by atoms with Crippen molar-refractivity contribution in [3.05, 3.63) is 60.2 Å². The molecular weight excluding hydrogens is 226 g/mol. The highest BCUT2D eigenvalue weighted by Crippen LogP contribution is 2.22. The largest absolute Gasteiger partial charge is 0.457 e. The topological polar surface area (TPSA) is 55.5 Å². The Morgan fingerprint density at radius 3 is 2.44 bits per heavy atom. The Balaban J connectivity index is 2.08. The van der Waals surface area contributed by atoms with Gasteiger partial charge in [-0.1, -0.05) is 30.3 Å². The normalized spacial score (nSPS) is 12.1. The Labute approximate surface area is 107 Å². The molecule has 2 rings (SSSR count). The maximum Gasteiger partial charge on any atom is 0.127 e. The van der Waals surface area contributed by atoms with E-state index in [0.717, 1.165) is 17.1 Å². The molecule has 0 amide bonds. The number of aliphatic hydroxyl groups is 1. The quantitative estimate of drug-likeness (QED) is 0.847. The molecule has 0 aliphatic carbocycles. The molecule has 0 aromatic heterocycles. The van der Waals surface area contributed by atoms with E-state index in [1.165, 1.54) is 0 Å². The number of hydrogen-bond donors (Lipinski definition) is 2. The number of ether oxygens (including phenoxy) is 1. The highest BCUT2D eigenvalue weighted by Gasteiger charge is 2.04. The van der Waals surface area contributed by atoms with Gasteiger partial charge in [0.25, 0.3) is 0 Å². The summed E-state index contributed by atoms with van der Waals surface area (Å²) in [5.41, 5.74) is 6.78. The first-order chi connectivity index (χ1) is 8.78. The van der Waals surface area contributed by atoms with Gasteiger partial charge >= 0.3 is 0 Å². The predicted molar refractivity (Wildman–Crippen MR) is 71.7 cm³/mol. The van der Waals surface area contributed by atoms with Gasteiger partial charge in [-0.05, 0) is 36.2 Å². The highest BCUT2D eigenvalue weighted by atomic mass is 16.5. The fraction of sp³-hybridized carbons (Fsp3) is 0.200. The smallest absolute Gasteiger partial charge is 0.127 e. The van der Waals surface area contributed by atoms with E-state index < -0.39 is 0 Å². The lowest BCUT2D eigenvalue weighted by Crippen LogP contribution is -2.26. The van der Waals surface area contributed by atoms with Crippen molar-refractivity contribution in [1.29, 1.82) is 0 Å². The fourth-order valence-corrected chi connectivity index (χ4v) is 1.73. The van der Waals surface area contributed by atoms with E-state index in [4.69, 9.17) is 15.6 Å². The van der Waals surface area contributed by atoms with Crippen LogP contribution in [0.3, 0.4) is 0 Å². The molecule has 3 heteroatoms. The number of nitrogens with two attached hydrogens (primary N) is 1. The van der Waals surface area contributed by atoms with Crippen LogP contribution < -0.4 is 10.5 Å². The first-order valence-corrected chi connectivity index (χ1v) is 5.96. The van der Waals surface area contributed by atoms with E-state index in [-0.39, 0.29) is 12.6 Å². The molecule has 0 aliphatic rings. The summed E-state index contributed by atoms with van der Waals surface area (Å²) in [6.07, 6.45) is 0.641. The zero-order chi connectivity index (χ0) is 12.8. The lowest BCUT2D eigenvalue weighted by atomic mass is 10.1. The predicted octanol–water partition coefficient (Wildman–Crippen LogP) is 2.34. The van der Waals surface area contributed by atoms with Crippen LogP contribution in [-0.4, -0.2) is 17.8 Å². The second-order valence-electron chi connectivity index (χ2n) is 4.21. The van der Waals surface area contributed by atoms with Gasteiger partial charge in [0.15, 0.2) is 0 Å². The summed E-state index contributed by atoms with van der Waals surface area (Å²) in [5, 5.41) is 8.94. The van der Waals surface area contributed by atoms with Gasteiger partial charge in [-0.25, -0.2) is 0 Å². The van der Waals surface area contributed by atoms with E-state index in [1.54, 1.807) is 0 Å². The lowest BCUT2D eigenvalue weighted by Gasteiger charge is -2.10. The molecule has 0 fully saturated rings. The van der Waals surface area contributed by atoms with Crippen LogP contribution in [0.1, 0.15) is 5.56 Å². The van der Waals surface area contributed by atoms with Crippen molar-refractivity contribution in [1.82, 2.24) is 0 Å². The molecule has 18 heavy (non-hydrogen) atoms. The average molecular weight is 243 g/mol. The molecule has 0 radical (unpaired) electrons. The molecule has 0 unspecified atom stereocenters. The summed E-state index contributed by atoms with van der Waals surface area (Å²) in [4.78, 5) is 0. The van der Waals surface area contributed by atoms with Crippen molar-refractivity contribution in [2.75, 3.05) is 6.61 Å². The monoisotopic (exact) mass is 243 g/mol. The summed E-state index contributed by atoms with van der Waals surface area (Å²) >= 11 is 0. The van der Waals surface area contributed by atoms with Gasteiger partial charge in [0.1, 0.15) is 11.5 Å². The third-order valence-electron chi connectivity index (χ3n) is 2.61. The zero-order valence-electron chi connectivity index (χ0n) is 10.1. The van der Waals surface area contributed by atoms with Gasteiger partial charge in [-0.2, -0.15) is 0 Å². The van der Waals surface area contributed by atoms with Crippen molar-refractivity contribution in [2.45, 2.75) is 12.5 Å². The van der Waals surface area contributed by atoms with Crippen LogP contribution in [-0.2, 0) is 6.42 Å². The first-order valence-electron chi connectivity index (χ1n) is 5.96. The van der Waals surface area contributed by atoms with Gasteiger partial charge in [0, 0.05) is 6.04 Å². The summed E-state index contributed by atoms with van der Waals surface area (Å²) in [6.45, 7) is -0.0101. The maximum atomic E-state index is 8.94. The molecule has 2 aromatic carbocycles. The molecule has 0 heterocycles. The summed E-state index contributed by atoms with van der Waals surface area (Å²) in [6, 6.07) is 17.2. The Bertz CT molecular complexity index is 485. The van der Waals surface area contributed by atoms with E-state index in [2.05, 4.69) is 0 Å². The van der Waals surface area contributed by atoms with Gasteiger partial charge in [-0.15, -0.1) is 0 Å². The van der Waals surface area contributed by atoms with Crippen molar-refractivity contribution >= 4 is 0 Å². The number of rotatable bonds is 5. The Kier molecular flexibility index (Phi) is 4.34. The summed E-state index contributed by atoms with van der Waals surface area (Å²) in [7, 11) is 0. The number of para-hydroxylation sites is 1. The van der Waals surface area contributed by atoms with Crippen LogP contribution in [0.15, 0.2) is 54.6 Å². The van der Waals surface area contributed by atoms with Crippen molar-refractivity contribution in [3.8, 4) is 11.5 Å². The lowest BCUT2D eigenvalue weighted by molar-refractivity contribution is 0.265. The second kappa shape index (κ2) is 6.19. The fourth-order valence-electron chi connectivity index (χ4n) is 1.73. The highest BCUT2D eigenvalue weighted by molar-refractivity contribution is 5.34. The average Bonchev–Trinajstić information content (AvgIpc) is 2.40. The minimum Gasteiger partial charge on any atom is -0.457 e. The minimum absolute atomic E-state index is 0.0101. The number of benzene rings is 2. The van der Waals surface area contributed by atoms with Crippen LogP contribution in [0, 0.1) is 0 Å². The Morgan fingerprint density at radius 1 is 1.00 bits per heavy atom. The molecule has 2 aromatic rings. The van der Waals surface area contributed by atoms with Crippen LogP contribution in [0.25, 0.3) is 0 Å². The SMILES string of the molecule is N[C@H](CO)Cc1cccc(Oc2ccccc2)c1. The van der Waals surface area contributed by atoms with Gasteiger partial charge in [0.2, 0.25) is 0 Å². The van der Waals surface area contributed by atoms with Crippen molar-refractivity contribution in [3.63, 3.8) is 0 Å². The molecule has 1 atom stereocenters. The molecule has 0 bridgehead atoms. The summed E-state index contributed by atoms with van der Waals surface area (Å²) in [5.74, 6) is 1.59. The van der Waals surface area contributed by atoms with Gasteiger partial charge in [0.05, 0.1) is 6.61 Å². The van der Waals surface area contributed by atoms with E-state index in [1.807, 2.05) is 54.6 Å². The summed E-state index contributed by atoms with van der Waals surface area (Å²) < 4.78 is 5.73. The second-order valence-corrected chi connectivity index (χ2v) is 4.21. The van der Waals surface area contributed by atoms with Gasteiger partial charge < -0.3 is 15.6 Å². The molecule has 0 saturated heterocycles. The Hall–Kier alpha value is -1.84. The molecular formula is C15H17NO2. The molecule has 3 N–H and O–H groups in total. The van der Waals surface area contributed by atoms with Crippen LogP contribution in [0.4, 0.5) is 0 Å². The van der Waals surface area contributed by atoms with Crippen molar-refractivity contribution in [2.24, 2.45) is 5.73 Å². The van der Waals surface area contributed by atoms with Crippen LogP contribution in [0.5, 0.6) is 11.5 Å². The number of hydrogen-bond acceptors (Lipinski definition) is 3. The van der Waals surface area contributed by atoms with Gasteiger partial charge in [-0.3, -0.25) is 0 Å². The maximum absolute atomic E-state index is 8.94. The molecule has 3 nitrogen and oxygen atoms in total. The molecule has 0 saturated carbocycles. The third kappa shape index (κ3) is 3.58. The van der Waals surface area contributed by atoms with Crippen LogP contribution in [0.2, 0.25) is 0 Å². The van der Waals surface area contributed by atoms with Crippen LogP contribution >= 0.6 is 0 Å². The van der Waals surface area contributed by atoms with E-state index in [0.29, 0.717) is 6.42 Å². The van der Waals surface area contributed by atoms with Crippen molar-refractivity contribution < 1.29 is 9.84 Å². The standard InChI is InChI=1S/C15H17NO2/c16-13(11-17)9-12-5-4-8-15(10-12)18-14-6-2-1-3-7-14/h1-8,10,13,17H,9,11,16H2/t13-/m0/s1.